The number of hydrogen-bond acceptors (Lipinski definition) is 2. The monoisotopic (exact) mass is 369 g/mol. The fourth-order valence-corrected chi connectivity index (χ4v) is 2.77. The molecule has 0 spiro atoms. The molecule has 0 aliphatic heterocycles. The minimum absolute atomic E-state index is 0.0895. The second-order valence-corrected chi connectivity index (χ2v) is 6.19. The van der Waals surface area contributed by atoms with Gasteiger partial charge in [-0.1, -0.05) is 65.7 Å². The lowest BCUT2D eigenvalue weighted by Crippen LogP contribution is -2.12. The molecule has 0 bridgehead atoms. The Morgan fingerprint density at radius 1 is 0.720 bits per heavy atom. The molecule has 0 heterocycles. The molecule has 25 heavy (non-hydrogen) atoms. The van der Waals surface area contributed by atoms with E-state index in [9.17, 15) is 9.59 Å². The van der Waals surface area contributed by atoms with Crippen LogP contribution in [0.4, 0.5) is 5.69 Å². The molecule has 0 aliphatic carbocycles. The lowest BCUT2D eigenvalue weighted by molar-refractivity contribution is 0.102. The zero-order chi connectivity index (χ0) is 17.8. The van der Waals surface area contributed by atoms with Crippen LogP contribution in [0.1, 0.15) is 26.3 Å². The van der Waals surface area contributed by atoms with Crippen LogP contribution in [0.15, 0.2) is 72.8 Å². The average Bonchev–Trinajstić information content (AvgIpc) is 2.64. The third-order valence-corrected chi connectivity index (χ3v) is 4.17. The molecule has 0 radical (unpaired) electrons. The number of anilines is 1. The summed E-state index contributed by atoms with van der Waals surface area (Å²) in [7, 11) is 0. The summed E-state index contributed by atoms with van der Waals surface area (Å²) in [5, 5.41) is 3.57. The average molecular weight is 370 g/mol. The smallest absolute Gasteiger partial charge is 0.255 e. The van der Waals surface area contributed by atoms with Gasteiger partial charge in [0, 0.05) is 21.7 Å². The van der Waals surface area contributed by atoms with Crippen molar-refractivity contribution in [3.63, 3.8) is 0 Å². The number of halogens is 2. The van der Waals surface area contributed by atoms with Crippen molar-refractivity contribution >= 4 is 40.6 Å². The summed E-state index contributed by atoms with van der Waals surface area (Å²) in [5.74, 6) is -0.406. The van der Waals surface area contributed by atoms with Crippen molar-refractivity contribution in [2.45, 2.75) is 0 Å². The normalized spacial score (nSPS) is 10.3. The standard InChI is InChI=1S/C20H13Cl2NO2/c21-16-10-11-18(17(22)12-16)23-20(25)15-8-6-14(7-9-15)19(24)13-4-2-1-3-5-13/h1-12H,(H,23,25). The molecular formula is C20H13Cl2NO2. The highest BCUT2D eigenvalue weighted by molar-refractivity contribution is 6.36. The maximum Gasteiger partial charge on any atom is 0.255 e. The third kappa shape index (κ3) is 4.08. The molecule has 0 atom stereocenters. The second-order valence-electron chi connectivity index (χ2n) is 5.35. The van der Waals surface area contributed by atoms with Crippen molar-refractivity contribution in [3.8, 4) is 0 Å². The van der Waals surface area contributed by atoms with E-state index in [1.807, 2.05) is 18.2 Å². The number of rotatable bonds is 4. The van der Waals surface area contributed by atoms with Gasteiger partial charge in [-0.25, -0.2) is 0 Å². The van der Waals surface area contributed by atoms with Crippen LogP contribution in [0.3, 0.4) is 0 Å². The van der Waals surface area contributed by atoms with Crippen molar-refractivity contribution in [2.24, 2.45) is 0 Å². The largest absolute Gasteiger partial charge is 0.321 e. The quantitative estimate of drug-likeness (QED) is 0.619. The van der Waals surface area contributed by atoms with Gasteiger partial charge in [-0.05, 0) is 30.3 Å². The van der Waals surface area contributed by atoms with E-state index in [1.54, 1.807) is 54.6 Å². The second kappa shape index (κ2) is 7.51. The summed E-state index contributed by atoms with van der Waals surface area (Å²) in [6, 6.07) is 20.3. The summed E-state index contributed by atoms with van der Waals surface area (Å²) >= 11 is 11.9. The Morgan fingerprint density at radius 2 is 1.32 bits per heavy atom. The number of ketones is 1. The first kappa shape index (κ1) is 17.2. The van der Waals surface area contributed by atoms with Gasteiger partial charge >= 0.3 is 0 Å². The molecule has 3 nitrogen and oxygen atoms in total. The van der Waals surface area contributed by atoms with Crippen LogP contribution in [-0.4, -0.2) is 11.7 Å². The van der Waals surface area contributed by atoms with Gasteiger partial charge in [0.2, 0.25) is 0 Å². The van der Waals surface area contributed by atoms with Crippen LogP contribution in [0.25, 0.3) is 0 Å². The maximum atomic E-state index is 12.4. The Bertz CT molecular complexity index is 922. The molecule has 3 aromatic carbocycles. The molecule has 5 heteroatoms. The van der Waals surface area contributed by atoms with Crippen molar-refractivity contribution in [1.29, 1.82) is 0 Å². The SMILES string of the molecule is O=C(Nc1ccc(Cl)cc1Cl)c1ccc(C(=O)c2ccccc2)cc1. The third-order valence-electron chi connectivity index (χ3n) is 3.62. The lowest BCUT2D eigenvalue weighted by Gasteiger charge is -2.08. The van der Waals surface area contributed by atoms with E-state index in [0.29, 0.717) is 32.4 Å². The minimum atomic E-state index is -0.317. The van der Waals surface area contributed by atoms with Gasteiger partial charge in [0.1, 0.15) is 0 Å². The number of amides is 1. The van der Waals surface area contributed by atoms with Gasteiger partial charge in [-0.15, -0.1) is 0 Å². The Hall–Kier alpha value is -2.62. The summed E-state index contributed by atoms with van der Waals surface area (Å²) in [6.07, 6.45) is 0. The molecule has 0 saturated carbocycles. The number of carbonyl (C=O) groups excluding carboxylic acids is 2. The Morgan fingerprint density at radius 3 is 1.96 bits per heavy atom. The van der Waals surface area contributed by atoms with Crippen molar-refractivity contribution in [3.05, 3.63) is 99.5 Å². The molecule has 3 aromatic rings. The Balaban J connectivity index is 1.75. The molecule has 0 aliphatic rings. The minimum Gasteiger partial charge on any atom is -0.321 e. The van der Waals surface area contributed by atoms with E-state index >= 15 is 0 Å². The lowest BCUT2D eigenvalue weighted by atomic mass is 10.0. The van der Waals surface area contributed by atoms with E-state index in [4.69, 9.17) is 23.2 Å². The number of hydrogen-bond donors (Lipinski definition) is 1. The highest BCUT2D eigenvalue weighted by atomic mass is 35.5. The number of carbonyl (C=O) groups is 2. The van der Waals surface area contributed by atoms with Gasteiger partial charge < -0.3 is 5.32 Å². The molecule has 0 unspecified atom stereocenters. The topological polar surface area (TPSA) is 46.2 Å². The molecule has 3 rings (SSSR count). The van der Waals surface area contributed by atoms with E-state index in [-0.39, 0.29) is 11.7 Å². The Kier molecular flexibility index (Phi) is 5.17. The maximum absolute atomic E-state index is 12.4. The first-order valence-electron chi connectivity index (χ1n) is 7.51. The zero-order valence-corrected chi connectivity index (χ0v) is 14.5. The van der Waals surface area contributed by atoms with Gasteiger partial charge in [0.15, 0.2) is 5.78 Å². The Labute approximate surface area is 155 Å². The summed E-state index contributed by atoms with van der Waals surface area (Å²) in [6.45, 7) is 0. The van der Waals surface area contributed by atoms with Crippen molar-refractivity contribution < 1.29 is 9.59 Å². The molecule has 0 saturated heterocycles. The summed E-state index contributed by atoms with van der Waals surface area (Å²) in [5.41, 5.74) is 2.02. The van der Waals surface area contributed by atoms with Crippen LogP contribution < -0.4 is 5.32 Å². The molecule has 0 aromatic heterocycles. The fourth-order valence-electron chi connectivity index (χ4n) is 2.31. The highest BCUT2D eigenvalue weighted by Gasteiger charge is 2.12. The van der Waals surface area contributed by atoms with E-state index in [0.717, 1.165) is 0 Å². The molecule has 0 fully saturated rings. The van der Waals surface area contributed by atoms with Crippen LogP contribution in [0, 0.1) is 0 Å². The molecule has 1 amide bonds. The van der Waals surface area contributed by atoms with Gasteiger partial charge in [0.25, 0.3) is 5.91 Å². The van der Waals surface area contributed by atoms with Gasteiger partial charge in [0.05, 0.1) is 10.7 Å². The number of nitrogens with one attached hydrogen (secondary N) is 1. The zero-order valence-electron chi connectivity index (χ0n) is 13.0. The number of benzene rings is 3. The van der Waals surface area contributed by atoms with Gasteiger partial charge in [-0.3, -0.25) is 9.59 Å². The van der Waals surface area contributed by atoms with Gasteiger partial charge in [-0.2, -0.15) is 0 Å². The van der Waals surface area contributed by atoms with Crippen LogP contribution >= 0.6 is 23.2 Å². The molecular weight excluding hydrogens is 357 g/mol. The van der Waals surface area contributed by atoms with Crippen molar-refractivity contribution in [1.82, 2.24) is 0 Å². The fraction of sp³-hybridized carbons (Fsp3) is 0. The molecule has 1 N–H and O–H groups in total. The summed E-state index contributed by atoms with van der Waals surface area (Å²) < 4.78 is 0. The highest BCUT2D eigenvalue weighted by Crippen LogP contribution is 2.25. The van der Waals surface area contributed by atoms with E-state index in [1.165, 1.54) is 0 Å². The molecule has 124 valence electrons. The van der Waals surface area contributed by atoms with E-state index in [2.05, 4.69) is 5.32 Å². The van der Waals surface area contributed by atoms with E-state index < -0.39 is 0 Å². The van der Waals surface area contributed by atoms with Crippen LogP contribution in [-0.2, 0) is 0 Å². The first-order chi connectivity index (χ1) is 12.0. The summed E-state index contributed by atoms with van der Waals surface area (Å²) in [4.78, 5) is 24.7. The predicted octanol–water partition coefficient (Wildman–Crippen LogP) is 5.48. The van der Waals surface area contributed by atoms with Crippen LogP contribution in [0.2, 0.25) is 10.0 Å². The van der Waals surface area contributed by atoms with Crippen molar-refractivity contribution in [2.75, 3.05) is 5.32 Å². The predicted molar refractivity (Wildman–Crippen MR) is 101 cm³/mol. The van der Waals surface area contributed by atoms with Crippen LogP contribution in [0.5, 0.6) is 0 Å². The first-order valence-corrected chi connectivity index (χ1v) is 8.26.